The van der Waals surface area contributed by atoms with Gasteiger partial charge in [-0.2, -0.15) is 0 Å². The summed E-state index contributed by atoms with van der Waals surface area (Å²) in [7, 11) is 0. The van der Waals surface area contributed by atoms with Crippen LogP contribution in [0, 0.1) is 0 Å². The van der Waals surface area contributed by atoms with E-state index in [0.29, 0.717) is 0 Å². The van der Waals surface area contributed by atoms with Gasteiger partial charge < -0.3 is 0 Å². The first-order valence-electron chi connectivity index (χ1n) is 9.01. The number of halogens is 1. The van der Waals surface area contributed by atoms with Crippen LogP contribution in [0.25, 0.3) is 0 Å². The lowest BCUT2D eigenvalue weighted by Crippen LogP contribution is -2.26. The van der Waals surface area contributed by atoms with Crippen LogP contribution in [0.3, 0.4) is 0 Å². The van der Waals surface area contributed by atoms with E-state index in [4.69, 9.17) is 4.99 Å². The second-order valence-electron chi connectivity index (χ2n) is 6.14. The minimum Gasteiger partial charge on any atom is -0.295 e. The Morgan fingerprint density at radius 3 is 1.36 bits per heavy atom. The van der Waals surface area contributed by atoms with Crippen LogP contribution < -0.4 is 4.90 Å². The highest BCUT2D eigenvalue weighted by atomic mass is 35.5. The summed E-state index contributed by atoms with van der Waals surface area (Å²) in [4.78, 5) is 7.22. The lowest BCUT2D eigenvalue weighted by atomic mass is 10.1. The van der Waals surface area contributed by atoms with Gasteiger partial charge in [-0.1, -0.05) is 84.9 Å². The van der Waals surface area contributed by atoms with Gasteiger partial charge >= 0.3 is 0 Å². The first-order valence-corrected chi connectivity index (χ1v) is 9.01. The highest BCUT2D eigenvalue weighted by Crippen LogP contribution is 2.29. The summed E-state index contributed by atoms with van der Waals surface area (Å²) in [5.41, 5.74) is 4.13. The number of rotatable bonds is 4. The molecule has 0 N–H and O–H groups in total. The summed E-state index contributed by atoms with van der Waals surface area (Å²) >= 11 is 0. The van der Waals surface area contributed by atoms with Crippen molar-refractivity contribution < 1.29 is 0 Å². The van der Waals surface area contributed by atoms with Gasteiger partial charge in [-0.3, -0.25) is 4.90 Å². The fraction of sp³-hybridized carbons (Fsp3) is 0. The first-order chi connectivity index (χ1) is 13.4. The highest BCUT2D eigenvalue weighted by Gasteiger charge is 2.18. The minimum absolute atomic E-state index is 0. The summed E-state index contributed by atoms with van der Waals surface area (Å²) in [6.45, 7) is 0. The molecule has 4 aromatic rings. The zero-order valence-electron chi connectivity index (χ0n) is 15.3. The number of benzene rings is 4. The van der Waals surface area contributed by atoms with E-state index >= 15 is 0 Å². The topological polar surface area (TPSA) is 15.6 Å². The van der Waals surface area contributed by atoms with Crippen molar-refractivity contribution in [1.82, 2.24) is 0 Å². The third kappa shape index (κ3) is 4.48. The van der Waals surface area contributed by atoms with E-state index in [1.807, 2.05) is 60.7 Å². The summed E-state index contributed by atoms with van der Waals surface area (Å²) in [5.74, 6) is 0.888. The van der Waals surface area contributed by atoms with E-state index in [9.17, 15) is 0 Å². The normalized spacial score (nSPS) is 10.8. The van der Waals surface area contributed by atoms with Gasteiger partial charge in [0, 0.05) is 16.9 Å². The number of hydrogen-bond donors (Lipinski definition) is 0. The number of nitrogens with zero attached hydrogens (tertiary/aromatic N) is 2. The Hall–Kier alpha value is -3.36. The molecule has 4 aromatic carbocycles. The Balaban J connectivity index is 0.00000225. The van der Waals surface area contributed by atoms with E-state index < -0.39 is 0 Å². The molecule has 3 heteroatoms. The molecule has 0 saturated heterocycles. The quantitative estimate of drug-likeness (QED) is 0.272. The third-order valence-electron chi connectivity index (χ3n) is 4.26. The van der Waals surface area contributed by atoms with Crippen molar-refractivity contribution in [1.29, 1.82) is 0 Å². The predicted molar refractivity (Wildman–Crippen MR) is 121 cm³/mol. The molecule has 2 nitrogen and oxygen atoms in total. The van der Waals surface area contributed by atoms with E-state index in [-0.39, 0.29) is 12.4 Å². The Morgan fingerprint density at radius 1 is 0.500 bits per heavy atom. The number of amidine groups is 1. The average molecular weight is 385 g/mol. The van der Waals surface area contributed by atoms with Gasteiger partial charge in [0.1, 0.15) is 5.84 Å². The van der Waals surface area contributed by atoms with Crippen LogP contribution in [0.1, 0.15) is 5.56 Å². The zero-order valence-corrected chi connectivity index (χ0v) is 16.2. The fourth-order valence-corrected chi connectivity index (χ4v) is 3.00. The Morgan fingerprint density at radius 2 is 0.893 bits per heavy atom. The summed E-state index contributed by atoms with van der Waals surface area (Å²) in [6, 6.07) is 41.1. The molecular formula is C25H21ClN2. The fourth-order valence-electron chi connectivity index (χ4n) is 3.00. The maximum Gasteiger partial charge on any atom is 0.145 e. The number of anilines is 2. The van der Waals surface area contributed by atoms with Crippen molar-refractivity contribution in [2.75, 3.05) is 4.90 Å². The van der Waals surface area contributed by atoms with E-state index in [1.54, 1.807) is 0 Å². The second-order valence-corrected chi connectivity index (χ2v) is 6.14. The molecular weight excluding hydrogens is 364 g/mol. The van der Waals surface area contributed by atoms with E-state index in [2.05, 4.69) is 65.6 Å². The molecule has 0 spiro atoms. The molecule has 0 unspecified atom stereocenters. The number of para-hydroxylation sites is 3. The van der Waals surface area contributed by atoms with Crippen LogP contribution in [0.2, 0.25) is 0 Å². The van der Waals surface area contributed by atoms with Crippen LogP contribution in [0.5, 0.6) is 0 Å². The van der Waals surface area contributed by atoms with Crippen molar-refractivity contribution >= 4 is 35.3 Å². The highest BCUT2D eigenvalue weighted by molar-refractivity contribution is 6.15. The lowest BCUT2D eigenvalue weighted by Gasteiger charge is -2.27. The molecule has 0 radical (unpaired) electrons. The van der Waals surface area contributed by atoms with Gasteiger partial charge in [0.05, 0.1) is 5.69 Å². The van der Waals surface area contributed by atoms with E-state index in [0.717, 1.165) is 28.5 Å². The zero-order chi connectivity index (χ0) is 18.3. The van der Waals surface area contributed by atoms with Crippen LogP contribution in [-0.4, -0.2) is 5.84 Å². The second kappa shape index (κ2) is 9.54. The lowest BCUT2D eigenvalue weighted by molar-refractivity contribution is 1.31. The van der Waals surface area contributed by atoms with Crippen molar-refractivity contribution in [3.63, 3.8) is 0 Å². The van der Waals surface area contributed by atoms with Crippen molar-refractivity contribution in [2.24, 2.45) is 4.99 Å². The maximum absolute atomic E-state index is 5.02. The summed E-state index contributed by atoms with van der Waals surface area (Å²) in [6.07, 6.45) is 0. The van der Waals surface area contributed by atoms with Gasteiger partial charge in [0.15, 0.2) is 0 Å². The molecule has 0 fully saturated rings. The molecule has 138 valence electrons. The molecule has 0 atom stereocenters. The smallest absolute Gasteiger partial charge is 0.145 e. The van der Waals surface area contributed by atoms with Gasteiger partial charge in [0.2, 0.25) is 0 Å². The minimum atomic E-state index is 0. The van der Waals surface area contributed by atoms with Gasteiger partial charge in [-0.05, 0) is 36.4 Å². The Kier molecular flexibility index (Phi) is 6.61. The van der Waals surface area contributed by atoms with Crippen molar-refractivity contribution in [3.8, 4) is 0 Å². The SMILES string of the molecule is Cl.c1ccc(N=C(c2ccccc2)N(c2ccccc2)c2ccccc2)cc1. The molecule has 0 saturated carbocycles. The molecule has 0 aliphatic rings. The number of aliphatic imine (C=N–C) groups is 1. The van der Waals surface area contributed by atoms with Crippen molar-refractivity contribution in [3.05, 3.63) is 127 Å². The van der Waals surface area contributed by atoms with Crippen LogP contribution >= 0.6 is 12.4 Å². The van der Waals surface area contributed by atoms with Crippen LogP contribution in [0.15, 0.2) is 126 Å². The van der Waals surface area contributed by atoms with Crippen LogP contribution in [0.4, 0.5) is 17.1 Å². The Labute approximate surface area is 172 Å². The van der Waals surface area contributed by atoms with E-state index in [1.165, 1.54) is 0 Å². The van der Waals surface area contributed by atoms with Gasteiger partial charge in [0.25, 0.3) is 0 Å². The molecule has 0 amide bonds. The molecule has 0 aliphatic heterocycles. The molecule has 0 bridgehead atoms. The molecule has 0 aromatic heterocycles. The Bertz CT molecular complexity index is 962. The average Bonchev–Trinajstić information content (AvgIpc) is 2.76. The monoisotopic (exact) mass is 384 g/mol. The largest absolute Gasteiger partial charge is 0.295 e. The predicted octanol–water partition coefficient (Wildman–Crippen LogP) is 7.03. The molecule has 28 heavy (non-hydrogen) atoms. The molecule has 0 aliphatic carbocycles. The van der Waals surface area contributed by atoms with Gasteiger partial charge in [-0.15, -0.1) is 12.4 Å². The maximum atomic E-state index is 5.02. The molecule has 4 rings (SSSR count). The van der Waals surface area contributed by atoms with Crippen LogP contribution in [-0.2, 0) is 0 Å². The summed E-state index contributed by atoms with van der Waals surface area (Å²) < 4.78 is 0. The summed E-state index contributed by atoms with van der Waals surface area (Å²) in [5, 5.41) is 0. The van der Waals surface area contributed by atoms with Crippen molar-refractivity contribution in [2.45, 2.75) is 0 Å². The number of hydrogen-bond acceptors (Lipinski definition) is 1. The molecule has 0 heterocycles. The third-order valence-corrected chi connectivity index (χ3v) is 4.26. The first kappa shape index (κ1) is 19.4. The van der Waals surface area contributed by atoms with Gasteiger partial charge in [-0.25, -0.2) is 4.99 Å². The standard InChI is InChI=1S/C25H20N2.ClH/c1-5-13-21(14-6-1)25(26-22-15-7-2-8-16-22)27(23-17-9-3-10-18-23)24-19-11-4-12-20-24;/h1-20H;1H.